The van der Waals surface area contributed by atoms with Gasteiger partial charge in [0.15, 0.2) is 11.6 Å². The van der Waals surface area contributed by atoms with Gasteiger partial charge in [0.2, 0.25) is 5.91 Å². The first-order valence-corrected chi connectivity index (χ1v) is 10.4. The molecule has 28 heavy (non-hydrogen) atoms. The van der Waals surface area contributed by atoms with E-state index in [2.05, 4.69) is 5.32 Å². The number of hydrogen-bond acceptors (Lipinski definition) is 3. The second-order valence-corrected chi connectivity index (χ2v) is 8.17. The Bertz CT molecular complexity index is 853. The zero-order valence-electron chi connectivity index (χ0n) is 15.8. The smallest absolute Gasteiger partial charge is 0.264 e. The van der Waals surface area contributed by atoms with E-state index in [1.54, 1.807) is 0 Å². The summed E-state index contributed by atoms with van der Waals surface area (Å²) in [6.45, 7) is 3.55. The molecule has 1 aromatic heterocycles. The van der Waals surface area contributed by atoms with Crippen molar-refractivity contribution in [1.29, 1.82) is 0 Å². The highest BCUT2D eigenvalue weighted by atomic mass is 32.1. The largest absolute Gasteiger partial charge is 0.352 e. The van der Waals surface area contributed by atoms with Gasteiger partial charge in [-0.15, -0.1) is 11.3 Å². The maximum atomic E-state index is 13.2. The number of hydrogen-bond donors (Lipinski definition) is 1. The van der Waals surface area contributed by atoms with Crippen LogP contribution in [0.15, 0.2) is 29.6 Å². The molecule has 1 aliphatic rings. The molecule has 1 saturated heterocycles. The van der Waals surface area contributed by atoms with E-state index in [0.717, 1.165) is 42.0 Å². The molecule has 3 rings (SSSR count). The van der Waals surface area contributed by atoms with Gasteiger partial charge in [0.25, 0.3) is 5.91 Å². The van der Waals surface area contributed by atoms with Crippen molar-refractivity contribution in [3.8, 4) is 0 Å². The Hall–Kier alpha value is -2.28. The van der Waals surface area contributed by atoms with E-state index >= 15 is 0 Å². The van der Waals surface area contributed by atoms with Crippen molar-refractivity contribution in [3.63, 3.8) is 0 Å². The highest BCUT2D eigenvalue weighted by Crippen LogP contribution is 2.25. The number of benzene rings is 1. The first kappa shape index (κ1) is 20.5. The summed E-state index contributed by atoms with van der Waals surface area (Å²) in [6.07, 6.45) is 3.01. The fourth-order valence-corrected chi connectivity index (χ4v) is 4.39. The number of likely N-dealkylation sites (tertiary alicyclic amines) is 1. The highest BCUT2D eigenvalue weighted by Gasteiger charge is 2.26. The normalized spacial score (nSPS) is 16.8. The molecule has 1 N–H and O–H groups in total. The summed E-state index contributed by atoms with van der Waals surface area (Å²) >= 11 is 1.47. The quantitative estimate of drug-likeness (QED) is 0.778. The Morgan fingerprint density at radius 1 is 1.25 bits per heavy atom. The maximum absolute atomic E-state index is 13.2. The van der Waals surface area contributed by atoms with Crippen LogP contribution in [-0.2, 0) is 11.3 Å². The number of rotatable bonds is 6. The third-order valence-electron chi connectivity index (χ3n) is 5.12. The summed E-state index contributed by atoms with van der Waals surface area (Å²) in [5.74, 6) is -1.56. The standard InChI is InChI=1S/C21H24F2N2O2S/c1-14-8-10-28-20(14)21(27)25-9-2-3-15(13-25)5-7-19(26)24-12-16-4-6-17(22)18(23)11-16/h4,6,8,10-11,15H,2-3,5,7,9,12-13H2,1H3,(H,24,26)/t15-/m0/s1. The summed E-state index contributed by atoms with van der Waals surface area (Å²) in [4.78, 5) is 27.5. The number of carbonyl (C=O) groups excluding carboxylic acids is 2. The summed E-state index contributed by atoms with van der Waals surface area (Å²) in [5.41, 5.74) is 1.53. The Morgan fingerprint density at radius 2 is 2.07 bits per heavy atom. The molecule has 4 nitrogen and oxygen atoms in total. The molecule has 2 amide bonds. The van der Waals surface area contributed by atoms with Gasteiger partial charge in [-0.25, -0.2) is 8.78 Å². The molecule has 0 saturated carbocycles. The van der Waals surface area contributed by atoms with Crippen LogP contribution in [-0.4, -0.2) is 29.8 Å². The molecule has 1 aliphatic heterocycles. The molecular weight excluding hydrogens is 382 g/mol. The lowest BCUT2D eigenvalue weighted by molar-refractivity contribution is -0.121. The van der Waals surface area contributed by atoms with Gasteiger partial charge in [0.1, 0.15) is 0 Å². The van der Waals surface area contributed by atoms with Crippen molar-refractivity contribution in [2.24, 2.45) is 5.92 Å². The van der Waals surface area contributed by atoms with E-state index in [4.69, 9.17) is 0 Å². The Balaban J connectivity index is 1.44. The SMILES string of the molecule is Cc1ccsc1C(=O)N1CCC[C@@H](CCC(=O)NCc2ccc(F)c(F)c2)C1. The molecule has 0 bridgehead atoms. The number of nitrogens with one attached hydrogen (secondary N) is 1. The molecule has 2 heterocycles. The van der Waals surface area contributed by atoms with Gasteiger partial charge in [-0.3, -0.25) is 9.59 Å². The Kier molecular flexibility index (Phi) is 6.78. The third-order valence-corrected chi connectivity index (χ3v) is 6.12. The Labute approximate surface area is 167 Å². The summed E-state index contributed by atoms with van der Waals surface area (Å²) < 4.78 is 26.1. The molecule has 0 radical (unpaired) electrons. The number of carbonyl (C=O) groups is 2. The molecule has 0 spiro atoms. The molecule has 1 aromatic carbocycles. The average molecular weight is 406 g/mol. The Morgan fingerprint density at radius 3 is 2.79 bits per heavy atom. The highest BCUT2D eigenvalue weighted by molar-refractivity contribution is 7.12. The van der Waals surface area contributed by atoms with E-state index in [-0.39, 0.29) is 18.4 Å². The zero-order chi connectivity index (χ0) is 20.1. The third kappa shape index (κ3) is 5.16. The van der Waals surface area contributed by atoms with Crippen molar-refractivity contribution in [2.75, 3.05) is 13.1 Å². The zero-order valence-corrected chi connectivity index (χ0v) is 16.7. The molecule has 1 fully saturated rings. The number of aryl methyl sites for hydroxylation is 1. The van der Waals surface area contributed by atoms with Crippen LogP contribution in [0.2, 0.25) is 0 Å². The summed E-state index contributed by atoms with van der Waals surface area (Å²) in [6, 6.07) is 5.55. The minimum atomic E-state index is -0.917. The fourth-order valence-electron chi connectivity index (χ4n) is 3.49. The van der Waals surface area contributed by atoms with Crippen LogP contribution in [0.4, 0.5) is 8.78 Å². The van der Waals surface area contributed by atoms with E-state index in [1.165, 1.54) is 17.4 Å². The van der Waals surface area contributed by atoms with Crippen molar-refractivity contribution in [1.82, 2.24) is 10.2 Å². The minimum Gasteiger partial charge on any atom is -0.352 e. The maximum Gasteiger partial charge on any atom is 0.264 e. The molecule has 150 valence electrons. The number of halogens is 2. The number of nitrogens with zero attached hydrogens (tertiary/aromatic N) is 1. The first-order chi connectivity index (χ1) is 13.4. The van der Waals surface area contributed by atoms with Crippen LogP contribution >= 0.6 is 11.3 Å². The molecular formula is C21H24F2N2O2S. The lowest BCUT2D eigenvalue weighted by Crippen LogP contribution is -2.40. The second-order valence-electron chi connectivity index (χ2n) is 7.26. The molecule has 0 unspecified atom stereocenters. The number of amides is 2. The van der Waals surface area contributed by atoms with Gasteiger partial charge in [-0.2, -0.15) is 0 Å². The van der Waals surface area contributed by atoms with Gasteiger partial charge in [0, 0.05) is 26.1 Å². The minimum absolute atomic E-state index is 0.0833. The van der Waals surface area contributed by atoms with Crippen LogP contribution in [0.5, 0.6) is 0 Å². The average Bonchev–Trinajstić information content (AvgIpc) is 3.12. The van der Waals surface area contributed by atoms with Gasteiger partial charge >= 0.3 is 0 Å². The summed E-state index contributed by atoms with van der Waals surface area (Å²) in [5, 5.41) is 4.67. The number of piperidine rings is 1. The van der Waals surface area contributed by atoms with Crippen molar-refractivity contribution in [2.45, 2.75) is 39.2 Å². The van der Waals surface area contributed by atoms with Crippen LogP contribution in [0.25, 0.3) is 0 Å². The van der Waals surface area contributed by atoms with E-state index < -0.39 is 11.6 Å². The van der Waals surface area contributed by atoms with Crippen LogP contribution in [0.1, 0.15) is 46.5 Å². The van der Waals surface area contributed by atoms with Gasteiger partial charge in [0.05, 0.1) is 4.88 Å². The monoisotopic (exact) mass is 406 g/mol. The predicted octanol–water partition coefficient (Wildman–Crippen LogP) is 4.28. The van der Waals surface area contributed by atoms with Crippen molar-refractivity contribution >= 4 is 23.2 Å². The number of thiophene rings is 1. The van der Waals surface area contributed by atoms with Gasteiger partial charge < -0.3 is 10.2 Å². The lowest BCUT2D eigenvalue weighted by Gasteiger charge is -2.32. The van der Waals surface area contributed by atoms with Crippen molar-refractivity contribution < 1.29 is 18.4 Å². The first-order valence-electron chi connectivity index (χ1n) is 9.48. The molecule has 0 aliphatic carbocycles. The van der Waals surface area contributed by atoms with E-state index in [0.29, 0.717) is 30.9 Å². The van der Waals surface area contributed by atoms with E-state index in [9.17, 15) is 18.4 Å². The van der Waals surface area contributed by atoms with Crippen LogP contribution in [0.3, 0.4) is 0 Å². The topological polar surface area (TPSA) is 49.4 Å². The van der Waals surface area contributed by atoms with E-state index in [1.807, 2.05) is 23.3 Å². The second kappa shape index (κ2) is 9.28. The van der Waals surface area contributed by atoms with Crippen LogP contribution < -0.4 is 5.32 Å². The van der Waals surface area contributed by atoms with Gasteiger partial charge in [-0.1, -0.05) is 6.07 Å². The van der Waals surface area contributed by atoms with Gasteiger partial charge in [-0.05, 0) is 66.8 Å². The summed E-state index contributed by atoms with van der Waals surface area (Å²) in [7, 11) is 0. The van der Waals surface area contributed by atoms with Crippen molar-refractivity contribution in [3.05, 3.63) is 57.3 Å². The molecule has 7 heteroatoms. The lowest BCUT2D eigenvalue weighted by atomic mass is 9.93. The van der Waals surface area contributed by atoms with Crippen LogP contribution in [0, 0.1) is 24.5 Å². The molecule has 2 aromatic rings. The fraction of sp³-hybridized carbons (Fsp3) is 0.429. The molecule has 1 atom stereocenters. The predicted molar refractivity (Wildman–Crippen MR) is 105 cm³/mol.